The van der Waals surface area contributed by atoms with Crippen molar-refractivity contribution < 1.29 is 5.11 Å². The molecule has 3 aliphatic carbocycles. The van der Waals surface area contributed by atoms with Crippen molar-refractivity contribution in [3.05, 3.63) is 0 Å². The zero-order valence-corrected chi connectivity index (χ0v) is 7.63. The minimum atomic E-state index is 0.420. The molecule has 0 heterocycles. The average molecular weight is 166 g/mol. The van der Waals surface area contributed by atoms with Gasteiger partial charge in [0.15, 0.2) is 0 Å². The molecule has 0 saturated heterocycles. The Morgan fingerprint density at radius 2 is 1.83 bits per heavy atom. The van der Waals surface area contributed by atoms with Crippen LogP contribution in [0.4, 0.5) is 0 Å². The van der Waals surface area contributed by atoms with E-state index in [2.05, 4.69) is 0 Å². The lowest BCUT2D eigenvalue weighted by atomic mass is 9.70. The summed E-state index contributed by atoms with van der Waals surface area (Å²) < 4.78 is 0. The molecule has 1 N–H and O–H groups in total. The van der Waals surface area contributed by atoms with E-state index in [0.717, 1.165) is 17.8 Å². The molecule has 0 radical (unpaired) electrons. The summed E-state index contributed by atoms with van der Waals surface area (Å²) in [6.07, 6.45) is 8.49. The summed E-state index contributed by atoms with van der Waals surface area (Å²) in [4.78, 5) is 0. The highest BCUT2D eigenvalue weighted by molar-refractivity contribution is 5.06. The zero-order chi connectivity index (χ0) is 8.18. The minimum Gasteiger partial charge on any atom is -0.396 e. The number of aliphatic hydroxyl groups excluding tert-OH is 1. The molecule has 0 aromatic carbocycles. The van der Waals surface area contributed by atoms with Gasteiger partial charge < -0.3 is 5.11 Å². The maximum absolute atomic E-state index is 9.55. The van der Waals surface area contributed by atoms with Gasteiger partial charge in [-0.15, -0.1) is 0 Å². The fourth-order valence-electron chi connectivity index (χ4n) is 3.97. The van der Waals surface area contributed by atoms with Crippen LogP contribution in [0.3, 0.4) is 0 Å². The normalized spacial score (nSPS) is 51.8. The Balaban J connectivity index is 1.88. The Kier molecular flexibility index (Phi) is 1.39. The maximum Gasteiger partial charge on any atom is 0.0492 e. The lowest BCUT2D eigenvalue weighted by molar-refractivity contribution is 0.0431. The number of hydrogen-bond donors (Lipinski definition) is 1. The van der Waals surface area contributed by atoms with Crippen LogP contribution in [0.15, 0.2) is 0 Å². The molecule has 3 unspecified atom stereocenters. The Labute approximate surface area is 74.2 Å². The van der Waals surface area contributed by atoms with E-state index in [1.807, 2.05) is 0 Å². The molecule has 3 aliphatic rings. The second kappa shape index (κ2) is 2.25. The minimum absolute atomic E-state index is 0.420. The molecular weight excluding hydrogens is 148 g/mol. The molecule has 3 rings (SSSR count). The van der Waals surface area contributed by atoms with Gasteiger partial charge in [-0.05, 0) is 55.3 Å². The van der Waals surface area contributed by atoms with Crippen molar-refractivity contribution in [1.29, 1.82) is 0 Å². The van der Waals surface area contributed by atoms with Crippen LogP contribution in [0.5, 0.6) is 0 Å². The molecule has 3 fully saturated rings. The fraction of sp³-hybridized carbons (Fsp3) is 1.00. The van der Waals surface area contributed by atoms with E-state index in [1.165, 1.54) is 38.5 Å². The lowest BCUT2D eigenvalue weighted by Crippen LogP contribution is -2.33. The van der Waals surface area contributed by atoms with Crippen LogP contribution in [0, 0.1) is 23.2 Å². The summed E-state index contributed by atoms with van der Waals surface area (Å²) in [5.74, 6) is 2.81. The van der Waals surface area contributed by atoms with Crippen LogP contribution in [-0.4, -0.2) is 11.7 Å². The molecule has 1 heteroatoms. The van der Waals surface area contributed by atoms with Crippen molar-refractivity contribution in [3.8, 4) is 0 Å². The van der Waals surface area contributed by atoms with Crippen molar-refractivity contribution in [2.75, 3.05) is 6.61 Å². The molecule has 1 nitrogen and oxygen atoms in total. The predicted octanol–water partition coefficient (Wildman–Crippen LogP) is 2.20. The molecule has 2 bridgehead atoms. The van der Waals surface area contributed by atoms with Crippen molar-refractivity contribution in [2.24, 2.45) is 23.2 Å². The van der Waals surface area contributed by atoms with Gasteiger partial charge in [-0.1, -0.05) is 6.42 Å². The van der Waals surface area contributed by atoms with Crippen molar-refractivity contribution in [2.45, 2.75) is 38.5 Å². The molecule has 0 aliphatic heterocycles. The summed E-state index contributed by atoms with van der Waals surface area (Å²) >= 11 is 0. The summed E-state index contributed by atoms with van der Waals surface area (Å²) in [5, 5.41) is 9.55. The zero-order valence-electron chi connectivity index (χ0n) is 7.63. The van der Waals surface area contributed by atoms with Crippen molar-refractivity contribution >= 4 is 0 Å². The average Bonchev–Trinajstić information content (AvgIpc) is 2.78. The molecule has 0 spiro atoms. The highest BCUT2D eigenvalue weighted by Crippen LogP contribution is 2.64. The summed E-state index contributed by atoms with van der Waals surface area (Å²) in [5.41, 5.74) is 0.420. The molecule has 0 amide bonds. The Morgan fingerprint density at radius 3 is 2.25 bits per heavy atom. The van der Waals surface area contributed by atoms with Crippen LogP contribution < -0.4 is 0 Å². The lowest BCUT2D eigenvalue weighted by Gasteiger charge is -2.36. The number of aliphatic hydroxyl groups is 1. The van der Waals surface area contributed by atoms with Crippen LogP contribution in [0.25, 0.3) is 0 Å². The smallest absolute Gasteiger partial charge is 0.0492 e. The molecule has 0 aromatic heterocycles. The second-order valence-corrected chi connectivity index (χ2v) is 5.25. The topological polar surface area (TPSA) is 20.2 Å². The van der Waals surface area contributed by atoms with Crippen LogP contribution in [0.1, 0.15) is 38.5 Å². The summed E-state index contributed by atoms with van der Waals surface area (Å²) in [6, 6.07) is 0. The van der Waals surface area contributed by atoms with Crippen LogP contribution in [0.2, 0.25) is 0 Å². The fourth-order valence-corrected chi connectivity index (χ4v) is 3.97. The first-order chi connectivity index (χ1) is 5.85. The molecule has 12 heavy (non-hydrogen) atoms. The van der Waals surface area contributed by atoms with Gasteiger partial charge in [0, 0.05) is 6.61 Å². The van der Waals surface area contributed by atoms with E-state index in [4.69, 9.17) is 0 Å². The quantitative estimate of drug-likeness (QED) is 0.666. The standard InChI is InChI=1S/C11H18O/c12-7-11(9-3-4-9)6-8-1-2-10(11)5-8/h8-10,12H,1-7H2. The van der Waals surface area contributed by atoms with Gasteiger partial charge in [0.25, 0.3) is 0 Å². The van der Waals surface area contributed by atoms with E-state index >= 15 is 0 Å². The molecular formula is C11H18O. The highest BCUT2D eigenvalue weighted by Gasteiger charge is 2.57. The molecule has 3 saturated carbocycles. The van der Waals surface area contributed by atoms with Crippen LogP contribution in [-0.2, 0) is 0 Å². The Hall–Kier alpha value is -0.0400. The summed E-state index contributed by atoms with van der Waals surface area (Å²) in [7, 11) is 0. The van der Waals surface area contributed by atoms with Crippen molar-refractivity contribution in [1.82, 2.24) is 0 Å². The first kappa shape index (κ1) is 7.37. The molecule has 3 atom stereocenters. The van der Waals surface area contributed by atoms with Gasteiger partial charge in [0.05, 0.1) is 0 Å². The predicted molar refractivity (Wildman–Crippen MR) is 47.7 cm³/mol. The largest absolute Gasteiger partial charge is 0.396 e. The van der Waals surface area contributed by atoms with Gasteiger partial charge in [-0.2, -0.15) is 0 Å². The van der Waals surface area contributed by atoms with E-state index in [9.17, 15) is 5.11 Å². The van der Waals surface area contributed by atoms with Gasteiger partial charge >= 0.3 is 0 Å². The Morgan fingerprint density at radius 1 is 1.08 bits per heavy atom. The highest BCUT2D eigenvalue weighted by atomic mass is 16.3. The van der Waals surface area contributed by atoms with Gasteiger partial charge in [-0.25, -0.2) is 0 Å². The number of hydrogen-bond acceptors (Lipinski definition) is 1. The van der Waals surface area contributed by atoms with E-state index in [1.54, 1.807) is 0 Å². The molecule has 0 aromatic rings. The van der Waals surface area contributed by atoms with E-state index in [0.29, 0.717) is 12.0 Å². The molecule has 68 valence electrons. The third-order valence-electron chi connectivity index (χ3n) is 4.71. The summed E-state index contributed by atoms with van der Waals surface area (Å²) in [6.45, 7) is 0.485. The Bertz CT molecular complexity index is 197. The van der Waals surface area contributed by atoms with Gasteiger partial charge in [-0.3, -0.25) is 0 Å². The van der Waals surface area contributed by atoms with E-state index in [-0.39, 0.29) is 0 Å². The monoisotopic (exact) mass is 166 g/mol. The SMILES string of the molecule is OCC1(C2CC2)CC2CCC1C2. The number of rotatable bonds is 2. The van der Waals surface area contributed by atoms with E-state index < -0.39 is 0 Å². The second-order valence-electron chi connectivity index (χ2n) is 5.25. The first-order valence-electron chi connectivity index (χ1n) is 5.46. The van der Waals surface area contributed by atoms with Crippen molar-refractivity contribution in [3.63, 3.8) is 0 Å². The maximum atomic E-state index is 9.55. The van der Waals surface area contributed by atoms with Gasteiger partial charge in [0.1, 0.15) is 0 Å². The van der Waals surface area contributed by atoms with Crippen LogP contribution >= 0.6 is 0 Å². The van der Waals surface area contributed by atoms with Gasteiger partial charge in [0.2, 0.25) is 0 Å². The third kappa shape index (κ3) is 0.783. The third-order valence-corrected chi connectivity index (χ3v) is 4.71. The number of fused-ring (bicyclic) bond motifs is 2. The first-order valence-corrected chi connectivity index (χ1v) is 5.46.